The molecule has 2 amide bonds. The van der Waals surface area contributed by atoms with E-state index in [9.17, 15) is 19.5 Å². The molecule has 0 fully saturated rings. The smallest absolute Gasteiger partial charge is 0.330 e. The molecule has 6 nitrogen and oxygen atoms in total. The molecule has 0 radical (unpaired) electrons. The van der Waals surface area contributed by atoms with E-state index in [1.54, 1.807) is 37.4 Å². The number of aryl methyl sites for hydroxylation is 2. The average molecular weight is 368 g/mol. The molecule has 0 heterocycles. The van der Waals surface area contributed by atoms with Gasteiger partial charge in [0.15, 0.2) is 6.04 Å². The van der Waals surface area contributed by atoms with Gasteiger partial charge in [0.2, 0.25) is 0 Å². The van der Waals surface area contributed by atoms with Crippen LogP contribution in [-0.2, 0) is 4.79 Å². The van der Waals surface area contributed by atoms with Gasteiger partial charge < -0.3 is 15.3 Å². The van der Waals surface area contributed by atoms with E-state index in [1.807, 2.05) is 26.8 Å². The molecule has 1 atom stereocenters. The van der Waals surface area contributed by atoms with Gasteiger partial charge in [0.1, 0.15) is 0 Å². The zero-order valence-corrected chi connectivity index (χ0v) is 15.9. The Balaban J connectivity index is 2.28. The number of carbonyl (C=O) groups excluding carboxylic acids is 2. The number of nitrogens with zero attached hydrogens (tertiary/aromatic N) is 1. The molecule has 6 heteroatoms. The van der Waals surface area contributed by atoms with Gasteiger partial charge in [-0.15, -0.1) is 0 Å². The summed E-state index contributed by atoms with van der Waals surface area (Å²) < 4.78 is 0. The molecule has 0 aromatic heterocycles. The van der Waals surface area contributed by atoms with Crippen LogP contribution in [0.5, 0.6) is 0 Å². The molecule has 2 N–H and O–H groups in total. The molecule has 0 aliphatic rings. The van der Waals surface area contributed by atoms with Gasteiger partial charge in [0, 0.05) is 24.7 Å². The highest BCUT2D eigenvalue weighted by molar-refractivity contribution is 6.00. The molecule has 2 aromatic rings. The van der Waals surface area contributed by atoms with Gasteiger partial charge >= 0.3 is 5.97 Å². The maximum Gasteiger partial charge on any atom is 0.330 e. The van der Waals surface area contributed by atoms with Crippen molar-refractivity contribution < 1.29 is 19.5 Å². The molecule has 2 rings (SSSR count). The molecular formula is C21H24N2O4. The van der Waals surface area contributed by atoms with Crippen molar-refractivity contribution in [2.24, 2.45) is 0 Å². The van der Waals surface area contributed by atoms with Crippen LogP contribution in [0.15, 0.2) is 42.5 Å². The van der Waals surface area contributed by atoms with E-state index in [4.69, 9.17) is 0 Å². The lowest BCUT2D eigenvalue weighted by Crippen LogP contribution is -2.34. The first kappa shape index (κ1) is 20.2. The largest absolute Gasteiger partial charge is 0.479 e. The number of benzene rings is 2. The third-order valence-electron chi connectivity index (χ3n) is 4.29. The summed E-state index contributed by atoms with van der Waals surface area (Å²) >= 11 is 0. The third-order valence-corrected chi connectivity index (χ3v) is 4.29. The number of hydrogen-bond donors (Lipinski definition) is 2. The highest BCUT2D eigenvalue weighted by Crippen LogP contribution is 2.18. The molecule has 0 saturated carbocycles. The van der Waals surface area contributed by atoms with Crippen LogP contribution in [0.4, 0.5) is 0 Å². The molecule has 0 aliphatic carbocycles. The molecule has 0 aliphatic heterocycles. The fourth-order valence-electron chi connectivity index (χ4n) is 2.84. The van der Waals surface area contributed by atoms with Crippen LogP contribution in [0, 0.1) is 13.8 Å². The van der Waals surface area contributed by atoms with Gasteiger partial charge in [0.05, 0.1) is 0 Å². The topological polar surface area (TPSA) is 86.7 Å². The van der Waals surface area contributed by atoms with Gasteiger partial charge in [-0.25, -0.2) is 4.79 Å². The number of carboxylic acids is 1. The minimum atomic E-state index is -1.17. The second-order valence-corrected chi connectivity index (χ2v) is 6.57. The fourth-order valence-corrected chi connectivity index (χ4v) is 2.84. The predicted octanol–water partition coefficient (Wildman–Crippen LogP) is 2.95. The van der Waals surface area contributed by atoms with Gasteiger partial charge in [-0.3, -0.25) is 9.59 Å². The minimum absolute atomic E-state index is 0.198. The van der Waals surface area contributed by atoms with Crippen molar-refractivity contribution in [1.82, 2.24) is 10.2 Å². The average Bonchev–Trinajstić information content (AvgIpc) is 2.63. The lowest BCUT2D eigenvalue weighted by atomic mass is 10.0. The monoisotopic (exact) mass is 368 g/mol. The Hall–Kier alpha value is -3.15. The van der Waals surface area contributed by atoms with Crippen LogP contribution in [0.3, 0.4) is 0 Å². The highest BCUT2D eigenvalue weighted by atomic mass is 16.4. The summed E-state index contributed by atoms with van der Waals surface area (Å²) in [5.74, 6) is -1.89. The summed E-state index contributed by atoms with van der Waals surface area (Å²) in [6.45, 7) is 6.14. The number of amides is 2. The Kier molecular flexibility index (Phi) is 6.34. The van der Waals surface area contributed by atoms with E-state index in [0.29, 0.717) is 17.7 Å². The van der Waals surface area contributed by atoms with E-state index in [0.717, 1.165) is 11.1 Å². The van der Waals surface area contributed by atoms with Crippen molar-refractivity contribution >= 4 is 17.8 Å². The number of aliphatic carboxylic acids is 1. The van der Waals surface area contributed by atoms with Crippen LogP contribution in [0.2, 0.25) is 0 Å². The minimum Gasteiger partial charge on any atom is -0.479 e. The van der Waals surface area contributed by atoms with Crippen molar-refractivity contribution in [1.29, 1.82) is 0 Å². The summed E-state index contributed by atoms with van der Waals surface area (Å²) in [5.41, 5.74) is 2.96. The molecular weight excluding hydrogens is 344 g/mol. The number of carboxylic acid groups (broad SMARTS) is 1. The summed E-state index contributed by atoms with van der Waals surface area (Å²) in [4.78, 5) is 38.1. The van der Waals surface area contributed by atoms with Crippen LogP contribution < -0.4 is 5.32 Å². The normalized spacial score (nSPS) is 11.6. The Morgan fingerprint density at radius 2 is 1.63 bits per heavy atom. The molecule has 0 spiro atoms. The molecule has 1 unspecified atom stereocenters. The van der Waals surface area contributed by atoms with Crippen LogP contribution in [0.25, 0.3) is 0 Å². The van der Waals surface area contributed by atoms with E-state index >= 15 is 0 Å². The second kappa shape index (κ2) is 8.49. The first-order valence-corrected chi connectivity index (χ1v) is 8.70. The van der Waals surface area contributed by atoms with Crippen molar-refractivity contribution in [3.05, 3.63) is 70.3 Å². The van der Waals surface area contributed by atoms with Gasteiger partial charge in [0.25, 0.3) is 11.8 Å². The number of hydrogen-bond acceptors (Lipinski definition) is 3. The predicted molar refractivity (Wildman–Crippen MR) is 103 cm³/mol. The van der Waals surface area contributed by atoms with Gasteiger partial charge in [-0.05, 0) is 44.5 Å². The quantitative estimate of drug-likeness (QED) is 0.821. The lowest BCUT2D eigenvalue weighted by Gasteiger charge is -2.17. The molecule has 0 bridgehead atoms. The lowest BCUT2D eigenvalue weighted by molar-refractivity contribution is -0.139. The Bertz CT molecular complexity index is 856. The van der Waals surface area contributed by atoms with E-state index in [-0.39, 0.29) is 11.5 Å². The SMILES string of the molecule is CCN(C)C(=O)c1cccc(C(=O)NC(C(=O)O)c2cc(C)cc(C)c2)c1. The molecule has 2 aromatic carbocycles. The maximum atomic E-state index is 12.6. The fraction of sp³-hybridized carbons (Fsp3) is 0.286. The van der Waals surface area contributed by atoms with E-state index in [1.165, 1.54) is 11.0 Å². The Labute approximate surface area is 158 Å². The van der Waals surface area contributed by atoms with Gasteiger partial charge in [-0.1, -0.05) is 35.4 Å². The summed E-state index contributed by atoms with van der Waals surface area (Å²) in [6.07, 6.45) is 0. The molecule has 0 saturated heterocycles. The van der Waals surface area contributed by atoms with Crippen LogP contribution in [-0.4, -0.2) is 41.4 Å². The van der Waals surface area contributed by atoms with E-state index in [2.05, 4.69) is 5.32 Å². The highest BCUT2D eigenvalue weighted by Gasteiger charge is 2.23. The Morgan fingerprint density at radius 1 is 1.04 bits per heavy atom. The number of rotatable bonds is 6. The first-order valence-electron chi connectivity index (χ1n) is 8.70. The molecule has 27 heavy (non-hydrogen) atoms. The second-order valence-electron chi connectivity index (χ2n) is 6.57. The number of nitrogens with one attached hydrogen (secondary N) is 1. The third kappa shape index (κ3) is 4.94. The zero-order chi connectivity index (χ0) is 20.1. The van der Waals surface area contributed by atoms with Crippen molar-refractivity contribution in [2.45, 2.75) is 26.8 Å². The standard InChI is InChI=1S/C21H24N2O4/c1-5-23(4)20(25)16-8-6-7-15(12-16)19(24)22-18(21(26)27)17-10-13(2)9-14(3)11-17/h6-12,18H,5H2,1-4H3,(H,22,24)(H,26,27). The van der Waals surface area contributed by atoms with Crippen molar-refractivity contribution in [3.8, 4) is 0 Å². The van der Waals surface area contributed by atoms with Crippen molar-refractivity contribution in [3.63, 3.8) is 0 Å². The summed E-state index contributed by atoms with van der Waals surface area (Å²) in [6, 6.07) is 10.5. The summed E-state index contributed by atoms with van der Waals surface area (Å²) in [5, 5.41) is 12.1. The number of carbonyl (C=O) groups is 3. The maximum absolute atomic E-state index is 12.6. The van der Waals surface area contributed by atoms with Crippen LogP contribution >= 0.6 is 0 Å². The van der Waals surface area contributed by atoms with Crippen LogP contribution in [0.1, 0.15) is 50.4 Å². The van der Waals surface area contributed by atoms with E-state index < -0.39 is 17.9 Å². The van der Waals surface area contributed by atoms with Gasteiger partial charge in [-0.2, -0.15) is 0 Å². The summed E-state index contributed by atoms with van der Waals surface area (Å²) in [7, 11) is 1.68. The molecule has 142 valence electrons. The zero-order valence-electron chi connectivity index (χ0n) is 15.9. The first-order chi connectivity index (χ1) is 12.7. The Morgan fingerprint density at radius 3 is 2.19 bits per heavy atom. The van der Waals surface area contributed by atoms with Crippen molar-refractivity contribution in [2.75, 3.05) is 13.6 Å².